The van der Waals surface area contributed by atoms with Gasteiger partial charge >= 0.3 is 0 Å². The van der Waals surface area contributed by atoms with Crippen LogP contribution in [-0.4, -0.2) is 10.5 Å². The van der Waals surface area contributed by atoms with Crippen molar-refractivity contribution < 1.29 is 13.6 Å². The number of nitrogen functional groups attached to an aromatic ring is 1. The summed E-state index contributed by atoms with van der Waals surface area (Å²) in [6.07, 6.45) is 1.61. The van der Waals surface area contributed by atoms with E-state index in [1.54, 1.807) is 10.8 Å². The Morgan fingerprint density at radius 2 is 2.11 bits per heavy atom. The predicted molar refractivity (Wildman–Crippen MR) is 68.8 cm³/mol. The van der Waals surface area contributed by atoms with Crippen molar-refractivity contribution in [2.24, 2.45) is 0 Å². The molecule has 0 bridgehead atoms. The molecule has 0 radical (unpaired) electrons. The van der Waals surface area contributed by atoms with Gasteiger partial charge in [-0.3, -0.25) is 4.79 Å². The van der Waals surface area contributed by atoms with Crippen molar-refractivity contribution in [3.63, 3.8) is 0 Å². The summed E-state index contributed by atoms with van der Waals surface area (Å²) < 4.78 is 28.1. The first-order valence-corrected chi connectivity index (χ1v) is 5.73. The second-order valence-corrected chi connectivity index (χ2v) is 4.02. The van der Waals surface area contributed by atoms with Gasteiger partial charge in [0.1, 0.15) is 17.3 Å². The highest BCUT2D eigenvalue weighted by Gasteiger charge is 2.14. The Kier molecular flexibility index (Phi) is 3.50. The Morgan fingerprint density at radius 3 is 2.79 bits per heavy atom. The van der Waals surface area contributed by atoms with Crippen molar-refractivity contribution in [1.29, 1.82) is 0 Å². The van der Waals surface area contributed by atoms with Crippen molar-refractivity contribution in [1.82, 2.24) is 4.57 Å². The second kappa shape index (κ2) is 5.09. The van der Waals surface area contributed by atoms with Gasteiger partial charge in [0, 0.05) is 18.8 Å². The SMILES string of the molecule is CCn1cc(N)cc1C(=O)Nc1cc(F)ccc1F. The summed E-state index contributed by atoms with van der Waals surface area (Å²) in [4.78, 5) is 12.0. The molecule has 0 aliphatic rings. The highest BCUT2D eigenvalue weighted by atomic mass is 19.1. The smallest absolute Gasteiger partial charge is 0.272 e. The standard InChI is InChI=1S/C13H13F2N3O/c1-2-18-7-9(16)6-12(18)13(19)17-11-5-8(14)3-4-10(11)15/h3-7H,2,16H2,1H3,(H,17,19). The number of anilines is 2. The Labute approximate surface area is 108 Å². The summed E-state index contributed by atoms with van der Waals surface area (Å²) in [5.74, 6) is -1.86. The molecular formula is C13H13F2N3O. The van der Waals surface area contributed by atoms with Crippen LogP contribution in [0.1, 0.15) is 17.4 Å². The first kappa shape index (κ1) is 13.1. The van der Waals surface area contributed by atoms with Crippen LogP contribution in [0.4, 0.5) is 20.2 Å². The zero-order valence-electron chi connectivity index (χ0n) is 10.3. The minimum atomic E-state index is -0.697. The molecule has 0 saturated heterocycles. The van der Waals surface area contributed by atoms with E-state index in [1.165, 1.54) is 6.07 Å². The normalized spacial score (nSPS) is 10.5. The highest BCUT2D eigenvalue weighted by molar-refractivity contribution is 6.03. The molecule has 0 unspecified atom stereocenters. The van der Waals surface area contributed by atoms with Gasteiger partial charge in [0.15, 0.2) is 0 Å². The number of aromatic nitrogens is 1. The van der Waals surface area contributed by atoms with Crippen LogP contribution in [0, 0.1) is 11.6 Å². The summed E-state index contributed by atoms with van der Waals surface area (Å²) in [5, 5.41) is 2.33. The average Bonchev–Trinajstić information content (AvgIpc) is 2.75. The third-order valence-corrected chi connectivity index (χ3v) is 2.67. The van der Waals surface area contributed by atoms with Gasteiger partial charge in [0.25, 0.3) is 5.91 Å². The third kappa shape index (κ3) is 2.73. The molecule has 0 fully saturated rings. The lowest BCUT2D eigenvalue weighted by atomic mass is 10.2. The van der Waals surface area contributed by atoms with E-state index in [4.69, 9.17) is 5.73 Å². The lowest BCUT2D eigenvalue weighted by Crippen LogP contribution is -2.17. The van der Waals surface area contributed by atoms with Crippen LogP contribution in [0.2, 0.25) is 0 Å². The molecule has 100 valence electrons. The topological polar surface area (TPSA) is 60.0 Å². The molecule has 0 aliphatic carbocycles. The lowest BCUT2D eigenvalue weighted by Gasteiger charge is -2.08. The first-order valence-electron chi connectivity index (χ1n) is 5.73. The summed E-state index contributed by atoms with van der Waals surface area (Å²) >= 11 is 0. The molecule has 3 N–H and O–H groups in total. The van der Waals surface area contributed by atoms with Gasteiger partial charge < -0.3 is 15.6 Å². The van der Waals surface area contributed by atoms with Gasteiger partial charge in [-0.1, -0.05) is 0 Å². The minimum absolute atomic E-state index is 0.201. The number of rotatable bonds is 3. The number of nitrogens with zero attached hydrogens (tertiary/aromatic N) is 1. The van der Waals surface area contributed by atoms with E-state index in [2.05, 4.69) is 5.32 Å². The van der Waals surface area contributed by atoms with Crippen LogP contribution in [0.25, 0.3) is 0 Å². The van der Waals surface area contributed by atoms with Crippen molar-refractivity contribution in [3.05, 3.63) is 47.8 Å². The predicted octanol–water partition coefficient (Wildman–Crippen LogP) is 2.62. The van der Waals surface area contributed by atoms with E-state index in [0.717, 1.165) is 18.2 Å². The van der Waals surface area contributed by atoms with Gasteiger partial charge in [0.05, 0.1) is 11.4 Å². The molecule has 0 aliphatic heterocycles. The van der Waals surface area contributed by atoms with E-state index < -0.39 is 17.5 Å². The number of halogens is 2. The lowest BCUT2D eigenvalue weighted by molar-refractivity contribution is 0.101. The van der Waals surface area contributed by atoms with Crippen LogP contribution < -0.4 is 11.1 Å². The van der Waals surface area contributed by atoms with Gasteiger partial charge in [-0.25, -0.2) is 8.78 Å². The fraction of sp³-hybridized carbons (Fsp3) is 0.154. The van der Waals surface area contributed by atoms with Crippen LogP contribution in [-0.2, 0) is 6.54 Å². The number of benzene rings is 1. The summed E-state index contributed by atoms with van der Waals surface area (Å²) in [6.45, 7) is 2.39. The number of hydrogen-bond acceptors (Lipinski definition) is 2. The Hall–Kier alpha value is -2.37. The molecule has 0 spiro atoms. The van der Waals surface area contributed by atoms with E-state index >= 15 is 0 Å². The molecule has 0 atom stereocenters. The van der Waals surface area contributed by atoms with Crippen LogP contribution in [0.3, 0.4) is 0 Å². The monoisotopic (exact) mass is 265 g/mol. The molecule has 1 aromatic heterocycles. The van der Waals surface area contributed by atoms with E-state index in [-0.39, 0.29) is 5.69 Å². The molecule has 4 nitrogen and oxygen atoms in total. The van der Waals surface area contributed by atoms with Gasteiger partial charge in [-0.15, -0.1) is 0 Å². The van der Waals surface area contributed by atoms with Crippen LogP contribution in [0.5, 0.6) is 0 Å². The number of nitrogens with one attached hydrogen (secondary N) is 1. The molecular weight excluding hydrogens is 252 g/mol. The van der Waals surface area contributed by atoms with E-state index in [9.17, 15) is 13.6 Å². The largest absolute Gasteiger partial charge is 0.397 e. The number of carbonyl (C=O) groups excluding carboxylic acids is 1. The highest BCUT2D eigenvalue weighted by Crippen LogP contribution is 2.18. The number of nitrogens with two attached hydrogens (primary N) is 1. The number of aryl methyl sites for hydroxylation is 1. The van der Waals surface area contributed by atoms with Crippen LogP contribution in [0.15, 0.2) is 30.5 Å². The fourth-order valence-corrected chi connectivity index (χ4v) is 1.76. The van der Waals surface area contributed by atoms with Gasteiger partial charge in [-0.2, -0.15) is 0 Å². The molecule has 1 aromatic carbocycles. The van der Waals surface area contributed by atoms with E-state index in [0.29, 0.717) is 17.9 Å². The Balaban J connectivity index is 2.27. The number of amides is 1. The Morgan fingerprint density at radius 1 is 1.37 bits per heavy atom. The molecule has 1 amide bonds. The maximum Gasteiger partial charge on any atom is 0.272 e. The number of carbonyl (C=O) groups is 1. The molecule has 0 saturated carbocycles. The third-order valence-electron chi connectivity index (χ3n) is 2.67. The van der Waals surface area contributed by atoms with Crippen molar-refractivity contribution in [2.75, 3.05) is 11.1 Å². The molecule has 6 heteroatoms. The second-order valence-electron chi connectivity index (χ2n) is 4.02. The zero-order chi connectivity index (χ0) is 14.0. The zero-order valence-corrected chi connectivity index (χ0v) is 10.3. The summed E-state index contributed by atoms with van der Waals surface area (Å²) in [7, 11) is 0. The molecule has 19 heavy (non-hydrogen) atoms. The van der Waals surface area contributed by atoms with Crippen molar-refractivity contribution >= 4 is 17.3 Å². The first-order chi connectivity index (χ1) is 9.01. The quantitative estimate of drug-likeness (QED) is 0.896. The molecule has 2 aromatic rings. The van der Waals surface area contributed by atoms with Gasteiger partial charge in [-0.05, 0) is 25.1 Å². The summed E-state index contributed by atoms with van der Waals surface area (Å²) in [6, 6.07) is 4.35. The van der Waals surface area contributed by atoms with Crippen LogP contribution >= 0.6 is 0 Å². The van der Waals surface area contributed by atoms with E-state index in [1.807, 2.05) is 6.92 Å². The Bertz CT molecular complexity index is 622. The van der Waals surface area contributed by atoms with Crippen molar-refractivity contribution in [3.8, 4) is 0 Å². The summed E-state index contributed by atoms with van der Waals surface area (Å²) in [5.41, 5.74) is 6.14. The maximum atomic E-state index is 13.4. The minimum Gasteiger partial charge on any atom is -0.397 e. The van der Waals surface area contributed by atoms with Gasteiger partial charge in [0.2, 0.25) is 0 Å². The number of hydrogen-bond donors (Lipinski definition) is 2. The fourth-order valence-electron chi connectivity index (χ4n) is 1.76. The molecule has 1 heterocycles. The van der Waals surface area contributed by atoms with Crippen molar-refractivity contribution in [2.45, 2.75) is 13.5 Å². The maximum absolute atomic E-state index is 13.4. The molecule has 2 rings (SSSR count). The average molecular weight is 265 g/mol.